The van der Waals surface area contributed by atoms with Crippen molar-refractivity contribution in [3.63, 3.8) is 0 Å². The molecule has 1 aliphatic heterocycles. The highest BCUT2D eigenvalue weighted by Crippen LogP contribution is 2.44. The zero-order chi connectivity index (χ0) is 20.1. The number of amides is 1. The second kappa shape index (κ2) is 8.85. The Kier molecular flexibility index (Phi) is 6.48. The highest BCUT2D eigenvalue weighted by molar-refractivity contribution is 5.84. The van der Waals surface area contributed by atoms with E-state index in [2.05, 4.69) is 13.8 Å². The lowest BCUT2D eigenvalue weighted by molar-refractivity contribution is -0.149. The van der Waals surface area contributed by atoms with Crippen LogP contribution in [0, 0.1) is 17.0 Å². The van der Waals surface area contributed by atoms with Crippen molar-refractivity contribution >= 4 is 5.91 Å². The lowest BCUT2D eigenvalue weighted by atomic mass is 9.71. The molecule has 0 atom stereocenters. The molecule has 0 saturated carbocycles. The van der Waals surface area contributed by atoms with E-state index in [1.54, 1.807) is 24.3 Å². The third-order valence-electron chi connectivity index (χ3n) is 5.91. The highest BCUT2D eigenvalue weighted by Gasteiger charge is 2.44. The Morgan fingerprint density at radius 2 is 1.36 bits per heavy atom. The molecule has 28 heavy (non-hydrogen) atoms. The molecule has 2 aromatic carbocycles. The molecular formula is C24H29F2NO. The largest absolute Gasteiger partial charge is 0.331 e. The molecule has 0 N–H and O–H groups in total. The number of hydrogen-bond acceptors (Lipinski definition) is 1. The summed E-state index contributed by atoms with van der Waals surface area (Å²) in [5.41, 5.74) is 1.38. The van der Waals surface area contributed by atoms with Crippen molar-refractivity contribution in [1.82, 2.24) is 4.90 Å². The molecular weight excluding hydrogens is 356 g/mol. The standard InChI is InChI=1S/C24H29F2NO/c1-3-14-24(15-4-2)16-5-17-27(23(24)28)22(18-6-10-20(25)11-7-18)19-8-12-21(26)13-9-19/h6-13,22H,3-5,14-17H2,1-2H3. The van der Waals surface area contributed by atoms with Crippen LogP contribution in [0.15, 0.2) is 48.5 Å². The van der Waals surface area contributed by atoms with Gasteiger partial charge in [-0.25, -0.2) is 8.78 Å². The maximum absolute atomic E-state index is 13.7. The van der Waals surface area contributed by atoms with E-state index in [0.29, 0.717) is 6.54 Å². The van der Waals surface area contributed by atoms with Crippen molar-refractivity contribution in [2.45, 2.75) is 58.4 Å². The van der Waals surface area contributed by atoms with Gasteiger partial charge in [-0.15, -0.1) is 0 Å². The predicted molar refractivity (Wildman–Crippen MR) is 108 cm³/mol. The first-order valence-corrected chi connectivity index (χ1v) is 10.3. The van der Waals surface area contributed by atoms with E-state index in [0.717, 1.165) is 49.7 Å². The van der Waals surface area contributed by atoms with Crippen LogP contribution in [0.3, 0.4) is 0 Å². The summed E-state index contributed by atoms with van der Waals surface area (Å²) < 4.78 is 27.0. The zero-order valence-corrected chi connectivity index (χ0v) is 16.8. The SMILES string of the molecule is CCCC1(CCC)CCCN(C(c2ccc(F)cc2)c2ccc(F)cc2)C1=O. The van der Waals surface area contributed by atoms with Gasteiger partial charge < -0.3 is 4.90 Å². The van der Waals surface area contributed by atoms with Crippen molar-refractivity contribution in [3.8, 4) is 0 Å². The summed E-state index contributed by atoms with van der Waals surface area (Å²) in [4.78, 5) is 15.7. The quantitative estimate of drug-likeness (QED) is 0.550. The average molecular weight is 385 g/mol. The van der Waals surface area contributed by atoms with Crippen LogP contribution in [0.2, 0.25) is 0 Å². The third kappa shape index (κ3) is 4.11. The Morgan fingerprint density at radius 1 is 0.893 bits per heavy atom. The Labute approximate surface area is 166 Å². The van der Waals surface area contributed by atoms with Crippen molar-refractivity contribution < 1.29 is 13.6 Å². The molecule has 4 heteroatoms. The van der Waals surface area contributed by atoms with E-state index in [9.17, 15) is 13.6 Å². The monoisotopic (exact) mass is 385 g/mol. The van der Waals surface area contributed by atoms with Crippen LogP contribution >= 0.6 is 0 Å². The second-order valence-corrected chi connectivity index (χ2v) is 7.89. The first kappa shape index (κ1) is 20.5. The van der Waals surface area contributed by atoms with Crippen LogP contribution in [0.1, 0.15) is 69.5 Å². The van der Waals surface area contributed by atoms with E-state index in [1.807, 2.05) is 4.90 Å². The molecule has 2 aromatic rings. The maximum atomic E-state index is 13.7. The van der Waals surface area contributed by atoms with Crippen LogP contribution in [0.5, 0.6) is 0 Å². The maximum Gasteiger partial charge on any atom is 0.229 e. The number of hydrogen-bond donors (Lipinski definition) is 0. The zero-order valence-electron chi connectivity index (χ0n) is 16.8. The molecule has 1 saturated heterocycles. The summed E-state index contributed by atoms with van der Waals surface area (Å²) in [5.74, 6) is -0.433. The molecule has 2 nitrogen and oxygen atoms in total. The number of rotatable bonds is 7. The highest BCUT2D eigenvalue weighted by atomic mass is 19.1. The van der Waals surface area contributed by atoms with Crippen LogP contribution in [0.25, 0.3) is 0 Å². The number of likely N-dealkylation sites (tertiary alicyclic amines) is 1. The number of carbonyl (C=O) groups is 1. The van der Waals surface area contributed by atoms with Crippen molar-refractivity contribution in [3.05, 3.63) is 71.3 Å². The lowest BCUT2D eigenvalue weighted by Gasteiger charge is -2.45. The van der Waals surface area contributed by atoms with Crippen LogP contribution in [-0.4, -0.2) is 17.4 Å². The summed E-state index contributed by atoms with van der Waals surface area (Å²) in [6.07, 6.45) is 5.58. The van der Waals surface area contributed by atoms with Crippen molar-refractivity contribution in [2.24, 2.45) is 5.41 Å². The molecule has 1 fully saturated rings. The van der Waals surface area contributed by atoms with E-state index in [4.69, 9.17) is 0 Å². The van der Waals surface area contributed by atoms with E-state index in [-0.39, 0.29) is 29.0 Å². The summed E-state index contributed by atoms with van der Waals surface area (Å²) in [5, 5.41) is 0. The van der Waals surface area contributed by atoms with Gasteiger partial charge in [0.05, 0.1) is 6.04 Å². The Balaban J connectivity index is 2.04. The minimum atomic E-state index is -0.331. The fraction of sp³-hybridized carbons (Fsp3) is 0.458. The van der Waals surface area contributed by atoms with Gasteiger partial charge in [0.15, 0.2) is 0 Å². The van der Waals surface area contributed by atoms with Gasteiger partial charge in [0.2, 0.25) is 5.91 Å². The van der Waals surface area contributed by atoms with Gasteiger partial charge >= 0.3 is 0 Å². The van der Waals surface area contributed by atoms with Gasteiger partial charge in [-0.3, -0.25) is 4.79 Å². The molecule has 1 heterocycles. The summed E-state index contributed by atoms with van der Waals surface area (Å²) in [7, 11) is 0. The van der Waals surface area contributed by atoms with E-state index in [1.165, 1.54) is 24.3 Å². The van der Waals surface area contributed by atoms with Gasteiger partial charge in [-0.05, 0) is 61.1 Å². The molecule has 0 unspecified atom stereocenters. The first-order valence-electron chi connectivity index (χ1n) is 10.3. The Bertz CT molecular complexity index is 728. The third-order valence-corrected chi connectivity index (χ3v) is 5.91. The number of benzene rings is 2. The smallest absolute Gasteiger partial charge is 0.229 e. The van der Waals surface area contributed by atoms with Crippen LogP contribution in [-0.2, 0) is 4.79 Å². The minimum absolute atomic E-state index is 0.182. The fourth-order valence-corrected chi connectivity index (χ4v) is 4.74. The number of piperidine rings is 1. The average Bonchev–Trinajstić information content (AvgIpc) is 2.69. The molecule has 3 rings (SSSR count). The molecule has 1 amide bonds. The number of halogens is 2. The van der Waals surface area contributed by atoms with Crippen LogP contribution < -0.4 is 0 Å². The van der Waals surface area contributed by atoms with Crippen molar-refractivity contribution in [1.29, 1.82) is 0 Å². The van der Waals surface area contributed by atoms with Crippen molar-refractivity contribution in [2.75, 3.05) is 6.54 Å². The molecule has 150 valence electrons. The fourth-order valence-electron chi connectivity index (χ4n) is 4.74. The second-order valence-electron chi connectivity index (χ2n) is 7.89. The molecule has 0 bridgehead atoms. The topological polar surface area (TPSA) is 20.3 Å². The predicted octanol–water partition coefficient (Wildman–Crippen LogP) is 6.26. The van der Waals surface area contributed by atoms with Gasteiger partial charge in [0.1, 0.15) is 11.6 Å². The molecule has 0 radical (unpaired) electrons. The summed E-state index contributed by atoms with van der Waals surface area (Å²) in [6.45, 7) is 4.91. The normalized spacial score (nSPS) is 16.6. The van der Waals surface area contributed by atoms with E-state index >= 15 is 0 Å². The van der Waals surface area contributed by atoms with Gasteiger partial charge in [-0.1, -0.05) is 51.0 Å². The molecule has 0 aliphatic carbocycles. The lowest BCUT2D eigenvalue weighted by Crippen LogP contribution is -2.50. The van der Waals surface area contributed by atoms with Crippen LogP contribution in [0.4, 0.5) is 8.78 Å². The number of nitrogens with zero attached hydrogens (tertiary/aromatic N) is 1. The summed E-state index contributed by atoms with van der Waals surface area (Å²) in [6, 6.07) is 12.3. The molecule has 0 aromatic heterocycles. The van der Waals surface area contributed by atoms with Gasteiger partial charge in [0, 0.05) is 12.0 Å². The Morgan fingerprint density at radius 3 is 1.79 bits per heavy atom. The molecule has 0 spiro atoms. The van der Waals surface area contributed by atoms with Gasteiger partial charge in [-0.2, -0.15) is 0 Å². The summed E-state index contributed by atoms with van der Waals surface area (Å²) >= 11 is 0. The van der Waals surface area contributed by atoms with Gasteiger partial charge in [0.25, 0.3) is 0 Å². The Hall–Kier alpha value is -2.23. The molecule has 1 aliphatic rings. The number of carbonyl (C=O) groups excluding carboxylic acids is 1. The minimum Gasteiger partial charge on any atom is -0.331 e. The first-order chi connectivity index (χ1) is 13.5. The van der Waals surface area contributed by atoms with E-state index < -0.39 is 0 Å².